The second-order valence-corrected chi connectivity index (χ2v) is 6.84. The lowest BCUT2D eigenvalue weighted by molar-refractivity contribution is -0.145. The molecule has 4 nitrogen and oxygen atoms in total. The van der Waals surface area contributed by atoms with Crippen LogP contribution in [0.5, 0.6) is 0 Å². The van der Waals surface area contributed by atoms with Gasteiger partial charge in [0.2, 0.25) is 5.91 Å². The number of piperidine rings is 1. The first-order valence-electron chi connectivity index (χ1n) is 7.75. The molecule has 0 saturated carbocycles. The van der Waals surface area contributed by atoms with Gasteiger partial charge < -0.3 is 10.0 Å². The van der Waals surface area contributed by atoms with Crippen molar-refractivity contribution < 1.29 is 14.7 Å². The molecule has 2 aromatic rings. The highest BCUT2D eigenvalue weighted by Gasteiger charge is 2.26. The monoisotopic (exact) mass is 329 g/mol. The van der Waals surface area contributed by atoms with E-state index in [2.05, 4.69) is 24.3 Å². The zero-order valence-corrected chi connectivity index (χ0v) is 13.6. The summed E-state index contributed by atoms with van der Waals surface area (Å²) in [5.74, 6) is -0.558. The normalized spacial score (nSPS) is 15.7. The molecule has 0 spiro atoms. The van der Waals surface area contributed by atoms with Crippen LogP contribution in [0.2, 0.25) is 0 Å². The van der Waals surface area contributed by atoms with E-state index in [9.17, 15) is 9.59 Å². The van der Waals surface area contributed by atoms with Crippen LogP contribution in [0.3, 0.4) is 0 Å². The summed E-state index contributed by atoms with van der Waals surface area (Å²) < 4.78 is 0. The lowest BCUT2D eigenvalue weighted by Gasteiger charge is -2.30. The molecule has 1 heterocycles. The fourth-order valence-corrected chi connectivity index (χ4v) is 3.72. The molecule has 0 bridgehead atoms. The molecule has 0 aliphatic carbocycles. The first-order valence-corrected chi connectivity index (χ1v) is 8.74. The molecule has 2 aromatic carbocycles. The minimum Gasteiger partial charge on any atom is -0.481 e. The van der Waals surface area contributed by atoms with Crippen molar-refractivity contribution in [2.24, 2.45) is 5.92 Å². The number of rotatable bonds is 4. The van der Waals surface area contributed by atoms with E-state index in [1.165, 1.54) is 22.5 Å². The van der Waals surface area contributed by atoms with Crippen LogP contribution < -0.4 is 0 Å². The third-order valence-corrected chi connectivity index (χ3v) is 5.26. The van der Waals surface area contributed by atoms with Crippen molar-refractivity contribution in [3.63, 3.8) is 0 Å². The van der Waals surface area contributed by atoms with E-state index < -0.39 is 5.97 Å². The van der Waals surface area contributed by atoms with Gasteiger partial charge in [-0.25, -0.2) is 0 Å². The lowest BCUT2D eigenvalue weighted by Crippen LogP contribution is -2.41. The quantitative estimate of drug-likeness (QED) is 0.875. The number of hydrogen-bond acceptors (Lipinski definition) is 3. The van der Waals surface area contributed by atoms with Gasteiger partial charge in [-0.3, -0.25) is 9.59 Å². The Morgan fingerprint density at radius 2 is 1.78 bits per heavy atom. The Balaban J connectivity index is 1.55. The maximum Gasteiger partial charge on any atom is 0.306 e. The molecule has 120 valence electrons. The Bertz CT molecular complexity index is 723. The summed E-state index contributed by atoms with van der Waals surface area (Å²) in [5, 5.41) is 11.4. The van der Waals surface area contributed by atoms with Gasteiger partial charge in [0.15, 0.2) is 0 Å². The zero-order valence-electron chi connectivity index (χ0n) is 12.8. The molecule has 1 aliphatic rings. The number of carboxylic acids is 1. The van der Waals surface area contributed by atoms with Crippen molar-refractivity contribution in [2.75, 3.05) is 18.8 Å². The average Bonchev–Trinajstić information content (AvgIpc) is 2.59. The van der Waals surface area contributed by atoms with Gasteiger partial charge in [-0.05, 0) is 35.7 Å². The van der Waals surface area contributed by atoms with Gasteiger partial charge in [-0.15, -0.1) is 11.8 Å². The van der Waals surface area contributed by atoms with Crippen LogP contribution in [0.1, 0.15) is 12.8 Å². The van der Waals surface area contributed by atoms with E-state index in [4.69, 9.17) is 5.11 Å². The van der Waals surface area contributed by atoms with Gasteiger partial charge in [0.05, 0.1) is 11.7 Å². The number of thioether (sulfide) groups is 1. The van der Waals surface area contributed by atoms with Crippen molar-refractivity contribution in [1.82, 2.24) is 4.90 Å². The van der Waals surface area contributed by atoms with Crippen LogP contribution in [-0.2, 0) is 9.59 Å². The van der Waals surface area contributed by atoms with Crippen LogP contribution in [0, 0.1) is 5.92 Å². The zero-order chi connectivity index (χ0) is 16.2. The third-order valence-electron chi connectivity index (χ3n) is 4.28. The van der Waals surface area contributed by atoms with Crippen molar-refractivity contribution >= 4 is 34.4 Å². The molecule has 1 aliphatic heterocycles. The second-order valence-electron chi connectivity index (χ2n) is 5.79. The number of aliphatic carboxylic acids is 1. The van der Waals surface area contributed by atoms with Crippen LogP contribution in [0.25, 0.3) is 10.8 Å². The van der Waals surface area contributed by atoms with Crippen LogP contribution >= 0.6 is 11.8 Å². The summed E-state index contributed by atoms with van der Waals surface area (Å²) in [4.78, 5) is 26.1. The van der Waals surface area contributed by atoms with E-state index in [1.807, 2.05) is 18.2 Å². The van der Waals surface area contributed by atoms with Gasteiger partial charge in [-0.1, -0.05) is 30.3 Å². The highest BCUT2D eigenvalue weighted by molar-refractivity contribution is 8.00. The van der Waals surface area contributed by atoms with Crippen LogP contribution in [0.15, 0.2) is 47.4 Å². The summed E-state index contributed by atoms with van der Waals surface area (Å²) in [6, 6.07) is 14.4. The number of hydrogen-bond donors (Lipinski definition) is 1. The Kier molecular flexibility index (Phi) is 4.86. The Hall–Kier alpha value is -2.01. The maximum atomic E-state index is 12.3. The van der Waals surface area contributed by atoms with Gasteiger partial charge in [-0.2, -0.15) is 0 Å². The highest BCUT2D eigenvalue weighted by atomic mass is 32.2. The summed E-state index contributed by atoms with van der Waals surface area (Å²) in [7, 11) is 0. The summed E-state index contributed by atoms with van der Waals surface area (Å²) in [5.41, 5.74) is 0. The number of likely N-dealkylation sites (tertiary alicyclic amines) is 1. The Labute approximate surface area is 139 Å². The molecule has 23 heavy (non-hydrogen) atoms. The van der Waals surface area contributed by atoms with Crippen LogP contribution in [-0.4, -0.2) is 40.7 Å². The van der Waals surface area contributed by atoms with Crippen molar-refractivity contribution in [3.8, 4) is 0 Å². The number of carboxylic acid groups (broad SMARTS) is 1. The van der Waals surface area contributed by atoms with E-state index in [0.29, 0.717) is 31.7 Å². The minimum atomic E-state index is -0.748. The van der Waals surface area contributed by atoms with Crippen LogP contribution in [0.4, 0.5) is 0 Å². The molecular weight excluding hydrogens is 310 g/mol. The molecule has 0 atom stereocenters. The number of carbonyl (C=O) groups excluding carboxylic acids is 1. The van der Waals surface area contributed by atoms with Gasteiger partial charge >= 0.3 is 5.97 Å². The van der Waals surface area contributed by atoms with Crippen molar-refractivity contribution in [3.05, 3.63) is 42.5 Å². The topological polar surface area (TPSA) is 57.6 Å². The highest BCUT2D eigenvalue weighted by Crippen LogP contribution is 2.25. The first kappa shape index (κ1) is 15.9. The Morgan fingerprint density at radius 3 is 2.48 bits per heavy atom. The smallest absolute Gasteiger partial charge is 0.306 e. The standard InChI is InChI=1S/C18H19NO3S/c20-17(19-9-7-14(8-10-19)18(21)22)12-23-16-6-5-13-3-1-2-4-15(13)11-16/h1-6,11,14H,7-10,12H2,(H,21,22). The number of carbonyl (C=O) groups is 2. The fourth-order valence-electron chi connectivity index (χ4n) is 2.87. The molecule has 5 heteroatoms. The number of benzene rings is 2. The van der Waals surface area contributed by atoms with Gasteiger partial charge in [0.1, 0.15) is 0 Å². The van der Waals surface area contributed by atoms with E-state index in [-0.39, 0.29) is 11.8 Å². The summed E-state index contributed by atoms with van der Waals surface area (Å²) >= 11 is 1.54. The predicted molar refractivity (Wildman–Crippen MR) is 91.6 cm³/mol. The third kappa shape index (κ3) is 3.85. The number of fused-ring (bicyclic) bond motifs is 1. The number of amides is 1. The molecule has 1 saturated heterocycles. The molecule has 1 N–H and O–H groups in total. The van der Waals surface area contributed by atoms with E-state index in [0.717, 1.165) is 4.90 Å². The second kappa shape index (κ2) is 7.04. The minimum absolute atomic E-state index is 0.0898. The van der Waals surface area contributed by atoms with Gasteiger partial charge in [0, 0.05) is 18.0 Å². The number of nitrogens with zero attached hydrogens (tertiary/aromatic N) is 1. The van der Waals surface area contributed by atoms with Crippen molar-refractivity contribution in [1.29, 1.82) is 0 Å². The maximum absolute atomic E-state index is 12.3. The molecule has 0 radical (unpaired) electrons. The summed E-state index contributed by atoms with van der Waals surface area (Å²) in [6.07, 6.45) is 1.11. The molecule has 3 rings (SSSR count). The first-order chi connectivity index (χ1) is 11.1. The molecule has 0 aromatic heterocycles. The fraction of sp³-hybridized carbons (Fsp3) is 0.333. The molecule has 1 amide bonds. The van der Waals surface area contributed by atoms with Crippen molar-refractivity contribution in [2.45, 2.75) is 17.7 Å². The van der Waals surface area contributed by atoms with E-state index >= 15 is 0 Å². The molecule has 1 fully saturated rings. The SMILES string of the molecule is O=C(O)C1CCN(C(=O)CSc2ccc3ccccc3c2)CC1. The molecule has 0 unspecified atom stereocenters. The summed E-state index contributed by atoms with van der Waals surface area (Å²) in [6.45, 7) is 1.10. The predicted octanol–water partition coefficient (Wildman–Crippen LogP) is 3.26. The molecular formula is C18H19NO3S. The Morgan fingerprint density at radius 1 is 1.09 bits per heavy atom. The average molecular weight is 329 g/mol. The van der Waals surface area contributed by atoms with Gasteiger partial charge in [0.25, 0.3) is 0 Å². The largest absolute Gasteiger partial charge is 0.481 e. The van der Waals surface area contributed by atoms with E-state index in [1.54, 1.807) is 4.90 Å². The lowest BCUT2D eigenvalue weighted by atomic mass is 9.97.